The van der Waals surface area contributed by atoms with Crippen LogP contribution in [-0.4, -0.2) is 35.3 Å². The third kappa shape index (κ3) is 2.82. The highest BCUT2D eigenvalue weighted by Crippen LogP contribution is 2.36. The highest BCUT2D eigenvalue weighted by atomic mass is 19.4. The molecule has 25 heavy (non-hydrogen) atoms. The molecule has 2 aliphatic rings. The van der Waals surface area contributed by atoms with E-state index in [1.165, 1.54) is 0 Å². The number of anilines is 1. The quantitative estimate of drug-likeness (QED) is 0.894. The fourth-order valence-corrected chi connectivity index (χ4v) is 2.83. The zero-order valence-electron chi connectivity index (χ0n) is 12.8. The highest BCUT2D eigenvalue weighted by molar-refractivity contribution is 6.18. The van der Waals surface area contributed by atoms with Gasteiger partial charge >= 0.3 is 6.18 Å². The molecule has 0 unspecified atom stereocenters. The van der Waals surface area contributed by atoms with Crippen LogP contribution in [-0.2, 0) is 0 Å². The molecular weight excluding hydrogens is 335 g/mol. The molecule has 0 radical (unpaired) electrons. The van der Waals surface area contributed by atoms with Gasteiger partial charge in [0.25, 0.3) is 5.56 Å². The van der Waals surface area contributed by atoms with Crippen molar-refractivity contribution in [3.8, 4) is 0 Å². The first-order chi connectivity index (χ1) is 11.9. The minimum atomic E-state index is -4.26. The number of H-pyrrole nitrogens is 1. The van der Waals surface area contributed by atoms with Gasteiger partial charge in [-0.3, -0.25) is 9.69 Å². The van der Waals surface area contributed by atoms with Crippen LogP contribution in [0.4, 0.5) is 24.7 Å². The van der Waals surface area contributed by atoms with Crippen molar-refractivity contribution in [2.24, 2.45) is 4.99 Å². The van der Waals surface area contributed by atoms with Crippen LogP contribution in [0.2, 0.25) is 0 Å². The number of halogens is 3. The van der Waals surface area contributed by atoms with Crippen molar-refractivity contribution in [3.05, 3.63) is 52.5 Å². The fraction of sp³-hybridized carbons (Fsp3) is 0.188. The number of nitrogens with one attached hydrogen (secondary N) is 2. The molecule has 6 nitrogen and oxygen atoms in total. The molecule has 1 aromatic heterocycles. The molecule has 0 atom stereocenters. The molecule has 0 saturated carbocycles. The van der Waals surface area contributed by atoms with Crippen molar-refractivity contribution >= 4 is 28.1 Å². The number of aromatic nitrogens is 2. The number of amidine groups is 1. The lowest BCUT2D eigenvalue weighted by molar-refractivity contribution is -0.124. The molecule has 4 rings (SSSR count). The highest BCUT2D eigenvalue weighted by Gasteiger charge is 2.27. The number of alkyl halides is 3. The smallest absolute Gasteiger partial charge is 0.305 e. The number of hydrogen-bond acceptors (Lipinski definition) is 5. The van der Waals surface area contributed by atoms with Gasteiger partial charge in [-0.05, 0) is 23.8 Å². The number of aliphatic imine (C=N–C) groups is 1. The van der Waals surface area contributed by atoms with Crippen LogP contribution >= 0.6 is 0 Å². The van der Waals surface area contributed by atoms with Crippen LogP contribution in [0.15, 0.2) is 51.9 Å². The summed E-state index contributed by atoms with van der Waals surface area (Å²) in [6, 6.07) is 5.21. The van der Waals surface area contributed by atoms with E-state index in [1.54, 1.807) is 41.5 Å². The average molecular weight is 347 g/mol. The van der Waals surface area contributed by atoms with E-state index < -0.39 is 12.7 Å². The lowest BCUT2D eigenvalue weighted by atomic mass is 10.1. The van der Waals surface area contributed by atoms with E-state index >= 15 is 0 Å². The van der Waals surface area contributed by atoms with Crippen molar-refractivity contribution in [1.29, 1.82) is 0 Å². The first kappa shape index (κ1) is 15.6. The van der Waals surface area contributed by atoms with Gasteiger partial charge in [0.15, 0.2) is 5.82 Å². The Kier molecular flexibility index (Phi) is 3.46. The van der Waals surface area contributed by atoms with Crippen molar-refractivity contribution < 1.29 is 13.2 Å². The van der Waals surface area contributed by atoms with Gasteiger partial charge in [0.1, 0.15) is 5.84 Å². The zero-order valence-corrected chi connectivity index (χ0v) is 12.8. The van der Waals surface area contributed by atoms with E-state index in [2.05, 4.69) is 20.5 Å². The van der Waals surface area contributed by atoms with Crippen LogP contribution in [0, 0.1) is 0 Å². The molecule has 0 bridgehead atoms. The summed E-state index contributed by atoms with van der Waals surface area (Å²) in [5.74, 6) is 1.08. The average Bonchev–Trinajstić information content (AvgIpc) is 2.56. The van der Waals surface area contributed by atoms with Crippen LogP contribution in [0.3, 0.4) is 0 Å². The second kappa shape index (κ2) is 5.55. The Bertz CT molecular complexity index is 1000. The maximum atomic E-state index is 12.3. The van der Waals surface area contributed by atoms with Gasteiger partial charge < -0.3 is 5.32 Å². The Balaban J connectivity index is 1.70. The molecule has 2 aromatic rings. The number of benzene rings is 1. The van der Waals surface area contributed by atoms with Gasteiger partial charge in [-0.2, -0.15) is 18.3 Å². The Morgan fingerprint density at radius 3 is 2.88 bits per heavy atom. The van der Waals surface area contributed by atoms with Crippen molar-refractivity contribution in [2.75, 3.05) is 18.0 Å². The van der Waals surface area contributed by atoms with Crippen molar-refractivity contribution in [1.82, 2.24) is 15.5 Å². The zero-order chi connectivity index (χ0) is 17.6. The summed E-state index contributed by atoms with van der Waals surface area (Å²) in [5.41, 5.74) is 0.959. The molecule has 0 saturated heterocycles. The SMILES string of the molecule is O=c1[nH]nc2c3c(cccc13)N=C1C=CC(CNCC(F)(F)F)=CN12. The number of hydrogen-bond donors (Lipinski definition) is 2. The predicted octanol–water partition coefficient (Wildman–Crippen LogP) is 2.38. The number of rotatable bonds is 3. The largest absolute Gasteiger partial charge is 0.401 e. The molecule has 1 aromatic carbocycles. The second-order valence-electron chi connectivity index (χ2n) is 5.67. The van der Waals surface area contributed by atoms with Gasteiger partial charge in [0, 0.05) is 12.7 Å². The van der Waals surface area contributed by atoms with Gasteiger partial charge in [0.2, 0.25) is 0 Å². The monoisotopic (exact) mass is 347 g/mol. The normalized spacial score (nSPS) is 15.9. The summed E-state index contributed by atoms with van der Waals surface area (Å²) >= 11 is 0. The maximum absolute atomic E-state index is 12.3. The van der Waals surface area contributed by atoms with Crippen molar-refractivity contribution in [2.45, 2.75) is 6.18 Å². The summed E-state index contributed by atoms with van der Waals surface area (Å²) < 4.78 is 36.8. The molecule has 9 heteroatoms. The molecular formula is C16H12F3N5O. The minimum Gasteiger partial charge on any atom is -0.305 e. The topological polar surface area (TPSA) is 73.4 Å². The van der Waals surface area contributed by atoms with Gasteiger partial charge in [-0.1, -0.05) is 12.1 Å². The molecule has 0 fully saturated rings. The number of aromatic amines is 1. The summed E-state index contributed by atoms with van der Waals surface area (Å²) in [4.78, 5) is 18.1. The summed E-state index contributed by atoms with van der Waals surface area (Å²) in [6.07, 6.45) is 0.815. The predicted molar refractivity (Wildman–Crippen MR) is 88.1 cm³/mol. The van der Waals surface area contributed by atoms with Crippen LogP contribution in [0.5, 0.6) is 0 Å². The van der Waals surface area contributed by atoms with Crippen molar-refractivity contribution in [3.63, 3.8) is 0 Å². The summed E-state index contributed by atoms with van der Waals surface area (Å²) in [5, 5.41) is 9.98. The van der Waals surface area contributed by atoms with E-state index in [4.69, 9.17) is 0 Å². The Labute approximate surface area is 139 Å². The van der Waals surface area contributed by atoms with E-state index in [9.17, 15) is 18.0 Å². The lowest BCUT2D eigenvalue weighted by Crippen LogP contribution is -2.34. The first-order valence-electron chi connectivity index (χ1n) is 7.48. The van der Waals surface area contributed by atoms with Gasteiger partial charge in [-0.15, -0.1) is 0 Å². The minimum absolute atomic E-state index is 0.0495. The van der Waals surface area contributed by atoms with E-state index in [0.29, 0.717) is 33.7 Å². The molecule has 0 spiro atoms. The molecule has 128 valence electrons. The summed E-state index contributed by atoms with van der Waals surface area (Å²) in [6.45, 7) is -1.02. The Morgan fingerprint density at radius 2 is 2.08 bits per heavy atom. The number of nitrogens with zero attached hydrogens (tertiary/aromatic N) is 3. The van der Waals surface area contributed by atoms with Crippen LogP contribution in [0.25, 0.3) is 10.8 Å². The van der Waals surface area contributed by atoms with Gasteiger partial charge in [0.05, 0.1) is 23.0 Å². The standard InChI is InChI=1S/C16H12F3N5O/c17-16(18,19)8-20-6-9-4-5-12-21-11-3-1-2-10-13(11)14(24(12)7-9)22-23-15(10)25/h1-5,7,20H,6,8H2,(H,23,25). The molecule has 2 aliphatic heterocycles. The third-order valence-electron chi connectivity index (χ3n) is 3.88. The summed E-state index contributed by atoms with van der Waals surface area (Å²) in [7, 11) is 0. The Hall–Kier alpha value is -2.94. The molecule has 0 amide bonds. The van der Waals surface area contributed by atoms with Crippen LogP contribution < -0.4 is 15.8 Å². The molecule has 3 heterocycles. The second-order valence-corrected chi connectivity index (χ2v) is 5.67. The van der Waals surface area contributed by atoms with Gasteiger partial charge in [-0.25, -0.2) is 10.1 Å². The fourth-order valence-electron chi connectivity index (χ4n) is 2.83. The first-order valence-corrected chi connectivity index (χ1v) is 7.48. The lowest BCUT2D eigenvalue weighted by Gasteiger charge is -2.28. The van der Waals surface area contributed by atoms with E-state index in [-0.39, 0.29) is 12.1 Å². The maximum Gasteiger partial charge on any atom is 0.401 e. The number of fused-ring (bicyclic) bond motifs is 2. The third-order valence-corrected chi connectivity index (χ3v) is 3.88. The van der Waals surface area contributed by atoms with Crippen LogP contribution in [0.1, 0.15) is 0 Å². The molecule has 0 aliphatic carbocycles. The van der Waals surface area contributed by atoms with E-state index in [0.717, 1.165) is 0 Å². The Morgan fingerprint density at radius 1 is 1.24 bits per heavy atom. The van der Waals surface area contributed by atoms with E-state index in [1.807, 2.05) is 0 Å². The molecule has 2 N–H and O–H groups in total.